The number of hydrogen-bond donors (Lipinski definition) is 1. The molecule has 3 unspecified atom stereocenters. The first kappa shape index (κ1) is 19.2. The molecule has 4 nitrogen and oxygen atoms in total. The van der Waals surface area contributed by atoms with Crippen LogP contribution in [0.3, 0.4) is 0 Å². The molecule has 1 aliphatic heterocycles. The molecule has 0 bridgehead atoms. The summed E-state index contributed by atoms with van der Waals surface area (Å²) in [4.78, 5) is 28.3. The van der Waals surface area contributed by atoms with Gasteiger partial charge in [0.2, 0.25) is 5.91 Å². The Bertz CT molecular complexity index is 727. The topological polar surface area (TPSA) is 49.4 Å². The van der Waals surface area contributed by atoms with Gasteiger partial charge in [0.1, 0.15) is 6.04 Å². The first-order chi connectivity index (χ1) is 13.7. The van der Waals surface area contributed by atoms with Crippen molar-refractivity contribution in [3.63, 3.8) is 0 Å². The van der Waals surface area contributed by atoms with Crippen molar-refractivity contribution in [1.29, 1.82) is 0 Å². The predicted octanol–water partition coefficient (Wildman–Crippen LogP) is 4.47. The molecule has 4 rings (SSSR count). The number of likely N-dealkylation sites (tertiary alicyclic amines) is 1. The number of hydrogen-bond acceptors (Lipinski definition) is 2. The monoisotopic (exact) mass is 380 g/mol. The van der Waals surface area contributed by atoms with Gasteiger partial charge in [0.15, 0.2) is 0 Å². The molecule has 3 atom stereocenters. The molecule has 150 valence electrons. The highest BCUT2D eigenvalue weighted by molar-refractivity contribution is 5.98. The van der Waals surface area contributed by atoms with E-state index in [2.05, 4.69) is 11.4 Å². The number of rotatable bonds is 5. The molecule has 4 heteroatoms. The van der Waals surface area contributed by atoms with Crippen molar-refractivity contribution in [2.45, 2.75) is 76.3 Å². The van der Waals surface area contributed by atoms with Crippen LogP contribution in [-0.4, -0.2) is 35.3 Å². The summed E-state index contributed by atoms with van der Waals surface area (Å²) in [6, 6.07) is 9.35. The molecule has 1 aromatic carbocycles. The molecule has 2 fully saturated rings. The second-order valence-corrected chi connectivity index (χ2v) is 8.59. The minimum Gasteiger partial charge on any atom is -0.354 e. The van der Waals surface area contributed by atoms with Crippen molar-refractivity contribution in [3.8, 4) is 0 Å². The third-order valence-electron chi connectivity index (χ3n) is 6.78. The molecular weight excluding hydrogens is 348 g/mol. The van der Waals surface area contributed by atoms with E-state index in [-0.39, 0.29) is 23.9 Å². The van der Waals surface area contributed by atoms with Crippen LogP contribution in [0.5, 0.6) is 0 Å². The quantitative estimate of drug-likeness (QED) is 0.767. The van der Waals surface area contributed by atoms with Gasteiger partial charge in [0.05, 0.1) is 0 Å². The Morgan fingerprint density at radius 3 is 2.64 bits per heavy atom. The second kappa shape index (κ2) is 8.93. The molecule has 0 spiro atoms. The van der Waals surface area contributed by atoms with E-state index >= 15 is 0 Å². The Labute approximate surface area is 168 Å². The third-order valence-corrected chi connectivity index (χ3v) is 6.78. The van der Waals surface area contributed by atoms with Crippen molar-refractivity contribution in [1.82, 2.24) is 10.2 Å². The Balaban J connectivity index is 1.44. The average molecular weight is 381 g/mol. The van der Waals surface area contributed by atoms with Gasteiger partial charge in [-0.05, 0) is 69.4 Å². The van der Waals surface area contributed by atoms with Crippen molar-refractivity contribution < 1.29 is 9.59 Å². The maximum Gasteiger partial charge on any atom is 0.254 e. The number of amides is 2. The molecule has 1 saturated heterocycles. The fraction of sp³-hybridized carbons (Fsp3) is 0.583. The summed E-state index contributed by atoms with van der Waals surface area (Å²) in [6.07, 6.45) is 13.5. The summed E-state index contributed by atoms with van der Waals surface area (Å²) in [5.41, 5.74) is 2.17. The van der Waals surface area contributed by atoms with Crippen molar-refractivity contribution >= 4 is 11.8 Å². The van der Waals surface area contributed by atoms with Crippen LogP contribution < -0.4 is 5.32 Å². The highest BCUT2D eigenvalue weighted by Crippen LogP contribution is 2.40. The van der Waals surface area contributed by atoms with Gasteiger partial charge in [-0.2, -0.15) is 0 Å². The zero-order valence-electron chi connectivity index (χ0n) is 16.7. The van der Waals surface area contributed by atoms with E-state index in [4.69, 9.17) is 0 Å². The standard InChI is InChI=1S/C24H32N2O2/c27-23(25-16-15-18-9-3-1-4-10-18)22-17-20-13-7-8-14-21(20)26(22)24(28)19-11-5-2-6-12-19/h2,5-6,9,11-12,20-22H,1,3-4,7-8,10,13-17H2,(H,25,27). The van der Waals surface area contributed by atoms with E-state index in [0.29, 0.717) is 18.0 Å². The Kier molecular flexibility index (Phi) is 6.13. The maximum atomic E-state index is 13.3. The summed E-state index contributed by atoms with van der Waals surface area (Å²) in [5, 5.41) is 3.14. The van der Waals surface area contributed by atoms with E-state index in [9.17, 15) is 9.59 Å². The zero-order valence-corrected chi connectivity index (χ0v) is 16.7. The SMILES string of the molecule is O=C(NCCC1=CCCCC1)C1CC2CCCCC2N1C(=O)c1ccccc1. The van der Waals surface area contributed by atoms with Crippen molar-refractivity contribution in [3.05, 3.63) is 47.5 Å². The Hall–Kier alpha value is -2.10. The van der Waals surface area contributed by atoms with Crippen LogP contribution in [0.4, 0.5) is 0 Å². The largest absolute Gasteiger partial charge is 0.354 e. The molecule has 0 radical (unpaired) electrons. The number of carbonyl (C=O) groups is 2. The lowest BCUT2D eigenvalue weighted by molar-refractivity contribution is -0.125. The smallest absolute Gasteiger partial charge is 0.254 e. The lowest BCUT2D eigenvalue weighted by Crippen LogP contribution is -2.49. The molecular formula is C24H32N2O2. The van der Waals surface area contributed by atoms with Crippen LogP contribution >= 0.6 is 0 Å². The third kappa shape index (κ3) is 4.16. The fourth-order valence-electron chi connectivity index (χ4n) is 5.31. The van der Waals surface area contributed by atoms with Crippen LogP contribution in [0.2, 0.25) is 0 Å². The molecule has 1 saturated carbocycles. The van der Waals surface area contributed by atoms with Gasteiger partial charge in [-0.15, -0.1) is 0 Å². The maximum absolute atomic E-state index is 13.3. The Morgan fingerprint density at radius 2 is 1.86 bits per heavy atom. The molecule has 1 aromatic rings. The summed E-state index contributed by atoms with van der Waals surface area (Å²) >= 11 is 0. The number of nitrogens with zero attached hydrogens (tertiary/aromatic N) is 1. The fourth-order valence-corrected chi connectivity index (χ4v) is 5.31. The lowest BCUT2D eigenvalue weighted by Gasteiger charge is -2.33. The summed E-state index contributed by atoms with van der Waals surface area (Å²) in [7, 11) is 0. The second-order valence-electron chi connectivity index (χ2n) is 8.59. The Morgan fingerprint density at radius 1 is 1.04 bits per heavy atom. The minimum absolute atomic E-state index is 0.0186. The van der Waals surface area contributed by atoms with E-state index < -0.39 is 0 Å². The summed E-state index contributed by atoms with van der Waals surface area (Å²) in [6.45, 7) is 0.684. The molecule has 28 heavy (non-hydrogen) atoms. The molecule has 1 N–H and O–H groups in total. The molecule has 0 aromatic heterocycles. The van der Waals surface area contributed by atoms with Gasteiger partial charge in [-0.25, -0.2) is 0 Å². The lowest BCUT2D eigenvalue weighted by atomic mass is 9.84. The molecule has 2 aliphatic carbocycles. The van der Waals surface area contributed by atoms with Gasteiger partial charge in [-0.3, -0.25) is 9.59 Å². The molecule has 3 aliphatic rings. The number of allylic oxidation sites excluding steroid dienone is 1. The zero-order chi connectivity index (χ0) is 19.3. The molecule has 2 amide bonds. The number of benzene rings is 1. The molecule has 1 heterocycles. The van der Waals surface area contributed by atoms with Gasteiger partial charge >= 0.3 is 0 Å². The summed E-state index contributed by atoms with van der Waals surface area (Å²) in [5.74, 6) is 0.526. The predicted molar refractivity (Wildman–Crippen MR) is 111 cm³/mol. The highest BCUT2D eigenvalue weighted by atomic mass is 16.2. The van der Waals surface area contributed by atoms with Crippen LogP contribution in [0.15, 0.2) is 42.0 Å². The van der Waals surface area contributed by atoms with Crippen LogP contribution in [-0.2, 0) is 4.79 Å². The van der Waals surface area contributed by atoms with E-state index in [0.717, 1.165) is 32.1 Å². The van der Waals surface area contributed by atoms with E-state index in [1.165, 1.54) is 37.7 Å². The highest BCUT2D eigenvalue weighted by Gasteiger charge is 2.47. The van der Waals surface area contributed by atoms with Gasteiger partial charge in [-0.1, -0.05) is 42.7 Å². The first-order valence-electron chi connectivity index (χ1n) is 11.1. The van der Waals surface area contributed by atoms with Crippen molar-refractivity contribution in [2.75, 3.05) is 6.54 Å². The van der Waals surface area contributed by atoms with Gasteiger partial charge in [0, 0.05) is 18.2 Å². The van der Waals surface area contributed by atoms with Gasteiger partial charge < -0.3 is 10.2 Å². The van der Waals surface area contributed by atoms with E-state index in [1.807, 2.05) is 35.2 Å². The normalized spacial score (nSPS) is 27.1. The number of carbonyl (C=O) groups excluding carboxylic acids is 2. The van der Waals surface area contributed by atoms with Crippen LogP contribution in [0, 0.1) is 5.92 Å². The number of nitrogens with one attached hydrogen (secondary N) is 1. The number of fused-ring (bicyclic) bond motifs is 1. The van der Waals surface area contributed by atoms with E-state index in [1.54, 1.807) is 0 Å². The van der Waals surface area contributed by atoms with Crippen LogP contribution in [0.1, 0.15) is 74.6 Å². The van der Waals surface area contributed by atoms with Crippen molar-refractivity contribution in [2.24, 2.45) is 5.92 Å². The average Bonchev–Trinajstić information content (AvgIpc) is 3.14. The van der Waals surface area contributed by atoms with Crippen LogP contribution in [0.25, 0.3) is 0 Å². The summed E-state index contributed by atoms with van der Waals surface area (Å²) < 4.78 is 0. The van der Waals surface area contributed by atoms with Gasteiger partial charge in [0.25, 0.3) is 5.91 Å². The minimum atomic E-state index is -0.318. The first-order valence-corrected chi connectivity index (χ1v) is 11.1.